The van der Waals surface area contributed by atoms with E-state index < -0.39 is 22.6 Å². The van der Waals surface area contributed by atoms with Crippen molar-refractivity contribution in [3.8, 4) is 0 Å². The summed E-state index contributed by atoms with van der Waals surface area (Å²) in [5, 5.41) is 1.12. The highest BCUT2D eigenvalue weighted by Crippen LogP contribution is 2.55. The van der Waals surface area contributed by atoms with Crippen molar-refractivity contribution in [2.24, 2.45) is 4.99 Å². The normalized spacial score (nSPS) is 20.1. The summed E-state index contributed by atoms with van der Waals surface area (Å²) in [6.07, 6.45) is 1.66. The molecule has 7 rings (SSSR count). The van der Waals surface area contributed by atoms with Gasteiger partial charge in [0.1, 0.15) is 12.2 Å². The molecule has 1 unspecified atom stereocenters. The number of amides is 4. The summed E-state index contributed by atoms with van der Waals surface area (Å²) in [4.78, 5) is 60.9. The number of fused-ring (bicyclic) bond motifs is 2. The summed E-state index contributed by atoms with van der Waals surface area (Å²) < 4.78 is 0. The SMILES string of the molecule is O=C(CN1C(=O)C2(SCC(=O)N2c2ccccc2)c2ccccc21)NN1C(=O)/C(=C/c2ccccc2)N=C1c1ccccc1. The summed E-state index contributed by atoms with van der Waals surface area (Å²) in [6.45, 7) is -0.376. The maximum atomic E-state index is 14.3. The van der Waals surface area contributed by atoms with Crippen LogP contribution in [0.1, 0.15) is 16.7 Å². The molecule has 0 bridgehead atoms. The van der Waals surface area contributed by atoms with E-state index in [2.05, 4.69) is 10.4 Å². The summed E-state index contributed by atoms with van der Waals surface area (Å²) in [5.41, 5.74) is 6.05. The van der Waals surface area contributed by atoms with Crippen LogP contribution in [0.5, 0.6) is 0 Å². The summed E-state index contributed by atoms with van der Waals surface area (Å²) >= 11 is 1.24. The first-order valence-corrected chi connectivity index (χ1v) is 14.9. The Hall–Kier alpha value is -5.48. The molecule has 0 radical (unpaired) electrons. The van der Waals surface area contributed by atoms with Gasteiger partial charge in [-0.3, -0.25) is 34.4 Å². The fourth-order valence-electron chi connectivity index (χ4n) is 5.70. The van der Waals surface area contributed by atoms with Crippen molar-refractivity contribution < 1.29 is 19.2 Å². The van der Waals surface area contributed by atoms with Gasteiger partial charge in [-0.05, 0) is 29.8 Å². The molecule has 0 aromatic heterocycles. The number of thioether (sulfide) groups is 1. The van der Waals surface area contributed by atoms with Crippen LogP contribution >= 0.6 is 11.8 Å². The fourth-order valence-corrected chi connectivity index (χ4v) is 7.06. The van der Waals surface area contributed by atoms with Gasteiger partial charge in [-0.15, -0.1) is 11.8 Å². The Morgan fingerprint density at radius 1 is 0.841 bits per heavy atom. The predicted octanol–water partition coefficient (Wildman–Crippen LogP) is 4.33. The molecule has 3 aliphatic heterocycles. The van der Waals surface area contributed by atoms with Gasteiger partial charge in [0.15, 0.2) is 5.84 Å². The van der Waals surface area contributed by atoms with Crippen molar-refractivity contribution >= 4 is 58.7 Å². The second-order valence-corrected chi connectivity index (χ2v) is 11.5. The third kappa shape index (κ3) is 4.47. The Balaban J connectivity index is 1.19. The maximum Gasteiger partial charge on any atom is 0.297 e. The van der Waals surface area contributed by atoms with Gasteiger partial charge in [-0.25, -0.2) is 4.99 Å². The molecule has 1 atom stereocenters. The van der Waals surface area contributed by atoms with Crippen LogP contribution in [0, 0.1) is 0 Å². The van der Waals surface area contributed by atoms with Crippen molar-refractivity contribution in [1.29, 1.82) is 0 Å². The van der Waals surface area contributed by atoms with Gasteiger partial charge in [-0.2, -0.15) is 5.01 Å². The van der Waals surface area contributed by atoms with E-state index in [0.29, 0.717) is 22.5 Å². The third-order valence-corrected chi connectivity index (χ3v) is 9.00. The van der Waals surface area contributed by atoms with Crippen LogP contribution in [0.15, 0.2) is 126 Å². The minimum Gasteiger partial charge on any atom is -0.299 e. The average molecular weight is 600 g/mol. The van der Waals surface area contributed by atoms with Crippen LogP contribution in [0.4, 0.5) is 11.4 Å². The molecular weight excluding hydrogens is 574 g/mol. The molecule has 44 heavy (non-hydrogen) atoms. The number of hydrazine groups is 1. The molecule has 1 fully saturated rings. The quantitative estimate of drug-likeness (QED) is 0.333. The van der Waals surface area contributed by atoms with Crippen molar-refractivity contribution in [1.82, 2.24) is 10.4 Å². The van der Waals surface area contributed by atoms with E-state index in [1.165, 1.54) is 21.6 Å². The average Bonchev–Trinajstić information content (AvgIpc) is 3.64. The number of hydrogen-bond acceptors (Lipinski definition) is 6. The molecule has 1 spiro atoms. The number of aliphatic imine (C=N–C) groups is 1. The van der Waals surface area contributed by atoms with Crippen molar-refractivity contribution in [2.45, 2.75) is 4.87 Å². The smallest absolute Gasteiger partial charge is 0.297 e. The topological polar surface area (TPSA) is 102 Å². The number of nitrogens with zero attached hydrogens (tertiary/aromatic N) is 4. The number of amidine groups is 1. The number of hydrogen-bond donors (Lipinski definition) is 1. The lowest BCUT2D eigenvalue weighted by atomic mass is 10.0. The van der Waals surface area contributed by atoms with E-state index >= 15 is 0 Å². The van der Waals surface area contributed by atoms with Crippen molar-refractivity contribution in [3.05, 3.63) is 138 Å². The summed E-state index contributed by atoms with van der Waals surface area (Å²) in [6, 6.07) is 34.6. The maximum absolute atomic E-state index is 14.3. The van der Waals surface area contributed by atoms with Gasteiger partial charge in [0, 0.05) is 16.8 Å². The molecular formula is C34H25N5O4S. The van der Waals surface area contributed by atoms with Gasteiger partial charge < -0.3 is 0 Å². The first kappa shape index (κ1) is 27.4. The van der Waals surface area contributed by atoms with Gasteiger partial charge in [0.2, 0.25) is 10.8 Å². The predicted molar refractivity (Wildman–Crippen MR) is 169 cm³/mol. The second kappa shape index (κ2) is 11.0. The zero-order valence-electron chi connectivity index (χ0n) is 23.3. The number of rotatable bonds is 6. The molecule has 1 N–H and O–H groups in total. The number of para-hydroxylation sites is 2. The van der Waals surface area contributed by atoms with Crippen LogP contribution < -0.4 is 15.2 Å². The van der Waals surface area contributed by atoms with E-state index in [4.69, 9.17) is 0 Å². The Kier molecular flexibility index (Phi) is 6.83. The first-order valence-electron chi connectivity index (χ1n) is 14.0. The van der Waals surface area contributed by atoms with Gasteiger partial charge in [-0.1, -0.05) is 97.1 Å². The van der Waals surface area contributed by atoms with Gasteiger partial charge in [0.25, 0.3) is 17.7 Å². The zero-order chi connectivity index (χ0) is 30.3. The Labute approximate surface area is 257 Å². The van der Waals surface area contributed by atoms with Gasteiger partial charge in [0.05, 0.1) is 11.4 Å². The molecule has 0 saturated carbocycles. The number of carbonyl (C=O) groups excluding carboxylic acids is 4. The highest BCUT2D eigenvalue weighted by atomic mass is 32.2. The minimum absolute atomic E-state index is 0.116. The standard InChI is InChI=1S/C34H25N5O4S/c40-29(36-39-31(24-14-6-2-7-15-24)35-27(32(39)42)20-23-12-4-1-5-13-23)21-37-28-19-11-10-18-26(28)34(33(37)43)38(30(41)22-44-34)25-16-8-3-9-17-25/h1-20H,21-22H2,(H,36,40)/b27-20-. The number of anilines is 2. The van der Waals surface area contributed by atoms with Crippen LogP contribution in [-0.4, -0.2) is 46.8 Å². The monoisotopic (exact) mass is 599 g/mol. The molecule has 1 saturated heterocycles. The lowest BCUT2D eigenvalue weighted by Crippen LogP contribution is -2.54. The van der Waals surface area contributed by atoms with Crippen LogP contribution in [0.25, 0.3) is 6.08 Å². The molecule has 3 heterocycles. The molecule has 10 heteroatoms. The lowest BCUT2D eigenvalue weighted by molar-refractivity contribution is -0.133. The third-order valence-electron chi connectivity index (χ3n) is 7.61. The number of benzene rings is 4. The summed E-state index contributed by atoms with van der Waals surface area (Å²) in [7, 11) is 0. The molecule has 216 valence electrons. The minimum atomic E-state index is -1.35. The molecule has 4 amide bonds. The molecule has 4 aromatic carbocycles. The highest BCUT2D eigenvalue weighted by molar-refractivity contribution is 8.02. The molecule has 9 nitrogen and oxygen atoms in total. The van der Waals surface area contributed by atoms with E-state index in [9.17, 15) is 19.2 Å². The fraction of sp³-hybridized carbons (Fsp3) is 0.0882. The van der Waals surface area contributed by atoms with Crippen molar-refractivity contribution in [3.63, 3.8) is 0 Å². The van der Waals surface area contributed by atoms with E-state index in [0.717, 1.165) is 10.6 Å². The highest BCUT2D eigenvalue weighted by Gasteiger charge is 2.61. The van der Waals surface area contributed by atoms with E-state index in [1.54, 1.807) is 42.5 Å². The lowest BCUT2D eigenvalue weighted by Gasteiger charge is -2.33. The van der Waals surface area contributed by atoms with Gasteiger partial charge >= 0.3 is 0 Å². The number of nitrogens with one attached hydrogen (secondary N) is 1. The zero-order valence-corrected chi connectivity index (χ0v) is 24.1. The summed E-state index contributed by atoms with van der Waals surface area (Å²) in [5.74, 6) is -1.31. The van der Waals surface area contributed by atoms with Crippen molar-refractivity contribution in [2.75, 3.05) is 22.1 Å². The van der Waals surface area contributed by atoms with Crippen LogP contribution in [-0.2, 0) is 24.0 Å². The van der Waals surface area contributed by atoms with E-state index in [1.807, 2.05) is 78.9 Å². The largest absolute Gasteiger partial charge is 0.299 e. The van der Waals surface area contributed by atoms with Crippen LogP contribution in [0.2, 0.25) is 0 Å². The Morgan fingerprint density at radius 3 is 2.20 bits per heavy atom. The Bertz CT molecular complexity index is 1860. The van der Waals surface area contributed by atoms with Crippen LogP contribution in [0.3, 0.4) is 0 Å². The number of carbonyl (C=O) groups is 4. The molecule has 4 aromatic rings. The Morgan fingerprint density at radius 2 is 1.48 bits per heavy atom. The molecule has 3 aliphatic rings. The first-order chi connectivity index (χ1) is 21.5. The van der Waals surface area contributed by atoms with E-state index in [-0.39, 0.29) is 29.7 Å². The second-order valence-electron chi connectivity index (χ2n) is 10.3. The molecule has 0 aliphatic carbocycles.